The predicted octanol–water partition coefficient (Wildman–Crippen LogP) is 1.93. The minimum absolute atomic E-state index is 0.152. The maximum Gasteiger partial charge on any atom is 0.416 e. The van der Waals surface area contributed by atoms with Crippen molar-refractivity contribution in [1.29, 1.82) is 0 Å². The maximum absolute atomic E-state index is 12.4. The molecule has 112 valence electrons. The van der Waals surface area contributed by atoms with E-state index in [9.17, 15) is 18.0 Å². The Morgan fingerprint density at radius 2 is 1.90 bits per heavy atom. The molecule has 0 saturated heterocycles. The van der Waals surface area contributed by atoms with Crippen LogP contribution >= 0.6 is 0 Å². The van der Waals surface area contributed by atoms with E-state index in [1.807, 2.05) is 0 Å². The number of nitrogens with one attached hydrogen (secondary N) is 2. The SMILES string of the molecule is CC(Cc1ccc(C(F)(F)F)cc1)NC(=O)NCCO. The Bertz CT molecular complexity index is 432. The Morgan fingerprint density at radius 3 is 2.40 bits per heavy atom. The number of benzene rings is 1. The van der Waals surface area contributed by atoms with Gasteiger partial charge in [0.25, 0.3) is 0 Å². The van der Waals surface area contributed by atoms with Gasteiger partial charge in [0.2, 0.25) is 0 Å². The number of aliphatic hydroxyl groups excluding tert-OH is 1. The third-order valence-corrected chi connectivity index (χ3v) is 2.60. The van der Waals surface area contributed by atoms with Crippen LogP contribution in [0.15, 0.2) is 24.3 Å². The number of aliphatic hydroxyl groups is 1. The molecule has 0 saturated carbocycles. The smallest absolute Gasteiger partial charge is 0.395 e. The van der Waals surface area contributed by atoms with E-state index >= 15 is 0 Å². The highest BCUT2D eigenvalue weighted by molar-refractivity contribution is 5.74. The van der Waals surface area contributed by atoms with Gasteiger partial charge in [0, 0.05) is 12.6 Å². The van der Waals surface area contributed by atoms with Gasteiger partial charge in [-0.25, -0.2) is 4.79 Å². The second-order valence-electron chi connectivity index (χ2n) is 4.42. The lowest BCUT2D eigenvalue weighted by molar-refractivity contribution is -0.137. The third kappa shape index (κ3) is 5.48. The van der Waals surface area contributed by atoms with Crippen LogP contribution in [-0.4, -0.2) is 30.3 Å². The first-order valence-corrected chi connectivity index (χ1v) is 6.14. The van der Waals surface area contributed by atoms with Crippen LogP contribution in [0.2, 0.25) is 0 Å². The zero-order chi connectivity index (χ0) is 15.2. The molecule has 4 nitrogen and oxygen atoms in total. The van der Waals surface area contributed by atoms with Crippen molar-refractivity contribution in [2.45, 2.75) is 25.6 Å². The standard InChI is InChI=1S/C13H17F3N2O2/c1-9(18-12(20)17-6-7-19)8-10-2-4-11(5-3-10)13(14,15)16/h2-5,9,19H,6-8H2,1H3,(H2,17,18,20). The van der Waals surface area contributed by atoms with Gasteiger partial charge >= 0.3 is 12.2 Å². The molecule has 7 heteroatoms. The van der Waals surface area contributed by atoms with Crippen molar-refractivity contribution in [2.24, 2.45) is 0 Å². The number of hydrogen-bond acceptors (Lipinski definition) is 2. The first-order chi connectivity index (χ1) is 9.32. The third-order valence-electron chi connectivity index (χ3n) is 2.60. The van der Waals surface area contributed by atoms with Crippen molar-refractivity contribution in [2.75, 3.05) is 13.2 Å². The summed E-state index contributed by atoms with van der Waals surface area (Å²) in [6.07, 6.45) is -3.92. The topological polar surface area (TPSA) is 61.4 Å². The Hall–Kier alpha value is -1.76. The number of halogens is 3. The Labute approximate surface area is 115 Å². The summed E-state index contributed by atoms with van der Waals surface area (Å²) in [5.74, 6) is 0. The van der Waals surface area contributed by atoms with E-state index in [0.717, 1.165) is 12.1 Å². The first kappa shape index (κ1) is 16.3. The van der Waals surface area contributed by atoms with Gasteiger partial charge in [-0.2, -0.15) is 13.2 Å². The van der Waals surface area contributed by atoms with Gasteiger partial charge in [0.15, 0.2) is 0 Å². The molecular formula is C13H17F3N2O2. The lowest BCUT2D eigenvalue weighted by Gasteiger charge is -2.15. The molecule has 1 aromatic carbocycles. The molecule has 1 atom stereocenters. The molecule has 0 fully saturated rings. The largest absolute Gasteiger partial charge is 0.416 e. The van der Waals surface area contributed by atoms with Gasteiger partial charge in [-0.05, 0) is 31.0 Å². The van der Waals surface area contributed by atoms with Crippen LogP contribution in [0.25, 0.3) is 0 Å². The monoisotopic (exact) mass is 290 g/mol. The minimum atomic E-state index is -4.34. The molecule has 0 aliphatic carbocycles. The fourth-order valence-corrected chi connectivity index (χ4v) is 1.68. The lowest BCUT2D eigenvalue weighted by Crippen LogP contribution is -2.42. The van der Waals surface area contributed by atoms with Crippen molar-refractivity contribution in [3.05, 3.63) is 35.4 Å². The molecule has 0 radical (unpaired) electrons. The van der Waals surface area contributed by atoms with E-state index in [1.54, 1.807) is 6.92 Å². The number of rotatable bonds is 5. The van der Waals surface area contributed by atoms with E-state index in [4.69, 9.17) is 5.11 Å². The van der Waals surface area contributed by atoms with Crippen LogP contribution in [0.5, 0.6) is 0 Å². The van der Waals surface area contributed by atoms with Crippen molar-refractivity contribution >= 4 is 6.03 Å². The van der Waals surface area contributed by atoms with Crippen LogP contribution in [0.1, 0.15) is 18.1 Å². The average Bonchev–Trinajstić information content (AvgIpc) is 2.35. The van der Waals surface area contributed by atoms with E-state index < -0.39 is 17.8 Å². The van der Waals surface area contributed by atoms with Gasteiger partial charge in [-0.1, -0.05) is 12.1 Å². The van der Waals surface area contributed by atoms with Crippen LogP contribution < -0.4 is 10.6 Å². The molecule has 0 aliphatic rings. The fraction of sp³-hybridized carbons (Fsp3) is 0.462. The van der Waals surface area contributed by atoms with E-state index in [1.165, 1.54) is 12.1 Å². The predicted molar refractivity (Wildman–Crippen MR) is 68.2 cm³/mol. The molecule has 1 rings (SSSR count). The fourth-order valence-electron chi connectivity index (χ4n) is 1.68. The molecule has 1 aromatic rings. The Morgan fingerprint density at radius 1 is 1.30 bits per heavy atom. The van der Waals surface area contributed by atoms with Crippen LogP contribution in [0.3, 0.4) is 0 Å². The van der Waals surface area contributed by atoms with Crippen molar-refractivity contribution < 1.29 is 23.1 Å². The average molecular weight is 290 g/mol. The molecule has 0 spiro atoms. The van der Waals surface area contributed by atoms with Crippen LogP contribution in [0.4, 0.5) is 18.0 Å². The summed E-state index contributed by atoms with van der Waals surface area (Å²) in [7, 11) is 0. The number of carbonyl (C=O) groups is 1. The molecular weight excluding hydrogens is 273 g/mol. The summed E-state index contributed by atoms with van der Waals surface area (Å²) >= 11 is 0. The highest BCUT2D eigenvalue weighted by atomic mass is 19.4. The number of hydrogen-bond donors (Lipinski definition) is 3. The number of carbonyl (C=O) groups excluding carboxylic acids is 1. The molecule has 3 N–H and O–H groups in total. The summed E-state index contributed by atoms with van der Waals surface area (Å²) in [6.45, 7) is 1.75. The summed E-state index contributed by atoms with van der Waals surface area (Å²) in [5.41, 5.74) is 0.00973. The van der Waals surface area contributed by atoms with Gasteiger partial charge in [0.1, 0.15) is 0 Å². The van der Waals surface area contributed by atoms with Crippen LogP contribution in [0, 0.1) is 0 Å². The zero-order valence-corrected chi connectivity index (χ0v) is 11.0. The van der Waals surface area contributed by atoms with Gasteiger partial charge in [0.05, 0.1) is 12.2 Å². The molecule has 2 amide bonds. The summed E-state index contributed by atoms with van der Waals surface area (Å²) in [4.78, 5) is 11.3. The van der Waals surface area contributed by atoms with Gasteiger partial charge in [-0.3, -0.25) is 0 Å². The van der Waals surface area contributed by atoms with Crippen molar-refractivity contribution in [3.8, 4) is 0 Å². The Kier molecular flexibility index (Phi) is 5.82. The Balaban J connectivity index is 2.50. The van der Waals surface area contributed by atoms with Crippen molar-refractivity contribution in [1.82, 2.24) is 10.6 Å². The number of urea groups is 1. The zero-order valence-electron chi connectivity index (χ0n) is 11.0. The van der Waals surface area contributed by atoms with Crippen LogP contribution in [-0.2, 0) is 12.6 Å². The minimum Gasteiger partial charge on any atom is -0.395 e. The second-order valence-corrected chi connectivity index (χ2v) is 4.42. The van der Waals surface area contributed by atoms with Gasteiger partial charge in [-0.15, -0.1) is 0 Å². The molecule has 1 unspecified atom stereocenters. The first-order valence-electron chi connectivity index (χ1n) is 6.14. The summed E-state index contributed by atoms with van der Waals surface area (Å²) < 4.78 is 37.2. The second kappa shape index (κ2) is 7.14. The number of amides is 2. The molecule has 20 heavy (non-hydrogen) atoms. The highest BCUT2D eigenvalue weighted by Gasteiger charge is 2.29. The van der Waals surface area contributed by atoms with Crippen molar-refractivity contribution in [3.63, 3.8) is 0 Å². The normalized spacial score (nSPS) is 12.8. The molecule has 0 aromatic heterocycles. The maximum atomic E-state index is 12.4. The molecule has 0 bridgehead atoms. The molecule has 0 aliphatic heterocycles. The van der Waals surface area contributed by atoms with E-state index in [-0.39, 0.29) is 19.2 Å². The molecule has 0 heterocycles. The lowest BCUT2D eigenvalue weighted by atomic mass is 10.1. The summed E-state index contributed by atoms with van der Waals surface area (Å²) in [5, 5.41) is 13.6. The highest BCUT2D eigenvalue weighted by Crippen LogP contribution is 2.29. The quantitative estimate of drug-likeness (QED) is 0.776. The number of alkyl halides is 3. The summed E-state index contributed by atoms with van der Waals surface area (Å²) in [6, 6.07) is 4.19. The van der Waals surface area contributed by atoms with E-state index in [0.29, 0.717) is 12.0 Å². The van der Waals surface area contributed by atoms with E-state index in [2.05, 4.69) is 10.6 Å². The van der Waals surface area contributed by atoms with Gasteiger partial charge < -0.3 is 15.7 Å².